The van der Waals surface area contributed by atoms with Crippen LogP contribution in [0.1, 0.15) is 58.9 Å². The lowest BCUT2D eigenvalue weighted by atomic mass is 9.80. The van der Waals surface area contributed by atoms with E-state index in [1.165, 1.54) is 5.56 Å². The molecule has 0 bridgehead atoms. The minimum Gasteiger partial charge on any atom is -0.473 e. The van der Waals surface area contributed by atoms with Crippen LogP contribution in [0.25, 0.3) is 0 Å². The Hall–Kier alpha value is -3.44. The van der Waals surface area contributed by atoms with Crippen molar-refractivity contribution in [3.8, 4) is 11.8 Å². The summed E-state index contributed by atoms with van der Waals surface area (Å²) in [6, 6.07) is 30.4. The second-order valence-corrected chi connectivity index (χ2v) is 10.6. The molecule has 4 unspecified atom stereocenters. The van der Waals surface area contributed by atoms with Crippen molar-refractivity contribution >= 4 is 21.7 Å². The molecule has 3 aromatic carbocycles. The second kappa shape index (κ2) is 10.1. The smallest absolute Gasteiger partial charge is 0.220 e. The zero-order valence-electron chi connectivity index (χ0n) is 20.6. The van der Waals surface area contributed by atoms with Crippen molar-refractivity contribution in [3.05, 3.63) is 123 Å². The van der Waals surface area contributed by atoms with Crippen LogP contribution in [0.15, 0.2) is 95.5 Å². The molecule has 1 heterocycles. The van der Waals surface area contributed by atoms with Crippen LogP contribution in [-0.4, -0.2) is 10.8 Å². The van der Waals surface area contributed by atoms with E-state index in [9.17, 15) is 4.79 Å². The Morgan fingerprint density at radius 3 is 2.05 bits per heavy atom. The molecule has 0 amide bonds. The van der Waals surface area contributed by atoms with Crippen LogP contribution in [0, 0.1) is 5.92 Å². The number of fused-ring (bicyclic) bond motifs is 3. The first-order valence-corrected chi connectivity index (χ1v) is 13.6. The molecule has 1 fully saturated rings. The number of carbonyl (C=O) groups is 1. The average molecular weight is 554 g/mol. The van der Waals surface area contributed by atoms with Crippen LogP contribution in [0.5, 0.6) is 11.8 Å². The first kappa shape index (κ1) is 23.9. The molecule has 0 spiro atoms. The number of halogens is 1. The molecule has 0 saturated heterocycles. The van der Waals surface area contributed by atoms with Crippen molar-refractivity contribution < 1.29 is 14.3 Å². The third kappa shape index (κ3) is 4.57. The van der Waals surface area contributed by atoms with Gasteiger partial charge in [-0.1, -0.05) is 95.7 Å². The Morgan fingerprint density at radius 1 is 0.730 bits per heavy atom. The number of benzene rings is 3. The summed E-state index contributed by atoms with van der Waals surface area (Å²) in [4.78, 5) is 18.4. The summed E-state index contributed by atoms with van der Waals surface area (Å²) in [5, 5.41) is 0. The van der Waals surface area contributed by atoms with Crippen LogP contribution < -0.4 is 9.47 Å². The Balaban J connectivity index is 1.33. The molecule has 1 aromatic heterocycles. The van der Waals surface area contributed by atoms with Gasteiger partial charge in [0.2, 0.25) is 11.8 Å². The van der Waals surface area contributed by atoms with Crippen molar-refractivity contribution in [2.75, 3.05) is 0 Å². The predicted octanol–water partition coefficient (Wildman–Crippen LogP) is 7.58. The van der Waals surface area contributed by atoms with Gasteiger partial charge < -0.3 is 9.47 Å². The molecule has 1 saturated carbocycles. The highest BCUT2D eigenvalue weighted by molar-refractivity contribution is 9.10. The number of hydrogen-bond acceptors (Lipinski definition) is 4. The largest absolute Gasteiger partial charge is 0.473 e. The Labute approximate surface area is 225 Å². The fourth-order valence-corrected chi connectivity index (χ4v) is 6.43. The van der Waals surface area contributed by atoms with Gasteiger partial charge in [-0.2, -0.15) is 4.98 Å². The summed E-state index contributed by atoms with van der Waals surface area (Å²) >= 11 is 3.72. The molecule has 2 aliphatic rings. The molecule has 37 heavy (non-hydrogen) atoms. The lowest BCUT2D eigenvalue weighted by Gasteiger charge is -2.24. The summed E-state index contributed by atoms with van der Waals surface area (Å²) in [6.45, 7) is 2.93. The fourth-order valence-electron chi connectivity index (χ4n) is 5.77. The van der Waals surface area contributed by atoms with E-state index in [1.54, 1.807) is 0 Å². The number of hydrogen-bond donors (Lipinski definition) is 0. The van der Waals surface area contributed by atoms with Crippen molar-refractivity contribution in [1.82, 2.24) is 4.98 Å². The van der Waals surface area contributed by atoms with E-state index in [2.05, 4.69) is 35.0 Å². The van der Waals surface area contributed by atoms with E-state index in [4.69, 9.17) is 14.5 Å². The average Bonchev–Trinajstić information content (AvgIpc) is 3.69. The molecule has 4 aromatic rings. The van der Waals surface area contributed by atoms with E-state index >= 15 is 0 Å². The van der Waals surface area contributed by atoms with Crippen LogP contribution in [0.3, 0.4) is 0 Å². The van der Waals surface area contributed by atoms with Crippen LogP contribution in [-0.2, 0) is 18.0 Å². The topological polar surface area (TPSA) is 48.4 Å². The highest BCUT2D eigenvalue weighted by Gasteiger charge is 2.61. The highest BCUT2D eigenvalue weighted by Crippen LogP contribution is 2.67. The molecule has 0 N–H and O–H groups in total. The minimum absolute atomic E-state index is 0.0382. The SMILES string of the molecule is CCC1C(=O)C2C(c3ccc(OCc4ccccc4)nc3OCc3ccccc3)C2c2cccc(Br)c21. The summed E-state index contributed by atoms with van der Waals surface area (Å²) in [5.41, 5.74) is 5.55. The Morgan fingerprint density at radius 2 is 1.38 bits per heavy atom. The summed E-state index contributed by atoms with van der Waals surface area (Å²) in [6.07, 6.45) is 0.798. The zero-order valence-corrected chi connectivity index (χ0v) is 22.2. The third-order valence-corrected chi connectivity index (χ3v) is 8.26. The van der Waals surface area contributed by atoms with E-state index in [0.717, 1.165) is 33.1 Å². The standard InChI is InChI=1S/C32H28BrNO3/c1-2-22-27-23(14-9-15-25(27)33)28-29(30(28)31(22)35)24-16-17-26(36-18-20-10-5-3-6-11-20)34-32(24)37-19-21-12-7-4-8-13-21/h3-17,22,28-30H,2,18-19H2,1H3. The lowest BCUT2D eigenvalue weighted by Crippen LogP contribution is -2.21. The van der Waals surface area contributed by atoms with Gasteiger partial charge in [-0.05, 0) is 40.8 Å². The van der Waals surface area contributed by atoms with Gasteiger partial charge in [-0.15, -0.1) is 0 Å². The van der Waals surface area contributed by atoms with Crippen LogP contribution >= 0.6 is 15.9 Å². The quantitative estimate of drug-likeness (QED) is 0.225. The number of pyridine rings is 1. The number of aromatic nitrogens is 1. The van der Waals surface area contributed by atoms with Gasteiger partial charge in [0.15, 0.2) is 0 Å². The van der Waals surface area contributed by atoms with E-state index in [1.807, 2.05) is 78.9 Å². The molecule has 4 nitrogen and oxygen atoms in total. The molecule has 4 atom stereocenters. The second-order valence-electron chi connectivity index (χ2n) is 9.78. The Bertz CT molecular complexity index is 1420. The number of carbonyl (C=O) groups excluding carboxylic acids is 1. The number of ketones is 1. The van der Waals surface area contributed by atoms with E-state index in [0.29, 0.717) is 30.8 Å². The van der Waals surface area contributed by atoms with Crippen molar-refractivity contribution in [2.45, 2.75) is 44.3 Å². The van der Waals surface area contributed by atoms with Crippen LogP contribution in [0.2, 0.25) is 0 Å². The summed E-state index contributed by atoms with van der Waals surface area (Å²) in [7, 11) is 0. The normalized spacial score (nSPS) is 21.6. The van der Waals surface area contributed by atoms with Crippen molar-refractivity contribution in [1.29, 1.82) is 0 Å². The molecule has 0 radical (unpaired) electrons. The maximum absolute atomic E-state index is 13.6. The van der Waals surface area contributed by atoms with E-state index in [-0.39, 0.29) is 23.7 Å². The number of nitrogens with zero attached hydrogens (tertiary/aromatic N) is 1. The fraction of sp³-hybridized carbons (Fsp3) is 0.250. The minimum atomic E-state index is -0.0769. The summed E-state index contributed by atoms with van der Waals surface area (Å²) in [5.74, 6) is 1.48. The maximum atomic E-state index is 13.6. The zero-order chi connectivity index (χ0) is 25.4. The highest BCUT2D eigenvalue weighted by atomic mass is 79.9. The first-order chi connectivity index (χ1) is 18.2. The van der Waals surface area contributed by atoms with Gasteiger partial charge in [0, 0.05) is 39.8 Å². The third-order valence-electron chi connectivity index (χ3n) is 7.57. The molecular formula is C32H28BrNO3. The van der Waals surface area contributed by atoms with Gasteiger partial charge in [0.25, 0.3) is 0 Å². The number of Topliss-reactive ketones (excluding diaryl/α,β-unsaturated/α-hetero) is 1. The maximum Gasteiger partial charge on any atom is 0.220 e. The molecule has 6 rings (SSSR count). The monoisotopic (exact) mass is 553 g/mol. The lowest BCUT2D eigenvalue weighted by molar-refractivity contribution is -0.122. The first-order valence-electron chi connectivity index (χ1n) is 12.8. The number of ether oxygens (including phenoxy) is 2. The van der Waals surface area contributed by atoms with Gasteiger partial charge in [0.05, 0.1) is 0 Å². The molecule has 2 aliphatic carbocycles. The van der Waals surface area contributed by atoms with Gasteiger partial charge in [-0.25, -0.2) is 0 Å². The number of rotatable bonds is 8. The molecule has 186 valence electrons. The van der Waals surface area contributed by atoms with Gasteiger partial charge in [0.1, 0.15) is 19.0 Å². The van der Waals surface area contributed by atoms with Gasteiger partial charge in [-0.3, -0.25) is 4.79 Å². The molecule has 5 heteroatoms. The van der Waals surface area contributed by atoms with Crippen molar-refractivity contribution in [2.24, 2.45) is 5.92 Å². The van der Waals surface area contributed by atoms with Crippen molar-refractivity contribution in [3.63, 3.8) is 0 Å². The predicted molar refractivity (Wildman–Crippen MR) is 147 cm³/mol. The molecular weight excluding hydrogens is 526 g/mol. The summed E-state index contributed by atoms with van der Waals surface area (Å²) < 4.78 is 13.4. The van der Waals surface area contributed by atoms with Crippen LogP contribution in [0.4, 0.5) is 0 Å². The Kier molecular flexibility index (Phi) is 6.56. The van der Waals surface area contributed by atoms with E-state index < -0.39 is 0 Å². The molecule has 0 aliphatic heterocycles. The van der Waals surface area contributed by atoms with Gasteiger partial charge >= 0.3 is 0 Å².